The highest BCUT2D eigenvalue weighted by atomic mass is 32.2. The Hall–Kier alpha value is -3.07. The van der Waals surface area contributed by atoms with Gasteiger partial charge >= 0.3 is 0 Å². The lowest BCUT2D eigenvalue weighted by molar-refractivity contribution is -0.117. The number of anilines is 1. The van der Waals surface area contributed by atoms with Gasteiger partial charge in [0.25, 0.3) is 0 Å². The molecule has 0 bridgehead atoms. The molecule has 31 heavy (non-hydrogen) atoms. The molecule has 2 heterocycles. The number of hydrogen-bond acceptors (Lipinski definition) is 6. The number of hydrogen-bond donors (Lipinski definition) is 2. The normalized spacial score (nSPS) is 19.3. The molecule has 8 heteroatoms. The van der Waals surface area contributed by atoms with E-state index in [1.54, 1.807) is 0 Å². The van der Waals surface area contributed by atoms with Crippen LogP contribution in [0.3, 0.4) is 0 Å². The molecule has 3 atom stereocenters. The topological polar surface area (TPSA) is 99.4 Å². The van der Waals surface area contributed by atoms with E-state index in [9.17, 15) is 10.1 Å². The molecule has 0 radical (unpaired) electrons. The summed E-state index contributed by atoms with van der Waals surface area (Å²) < 4.78 is 0. The number of nitrogens with zero attached hydrogens (tertiary/aromatic N) is 4. The molecule has 3 rings (SSSR count). The zero-order valence-corrected chi connectivity index (χ0v) is 18.7. The Bertz CT molecular complexity index is 1030. The second-order valence-electron chi connectivity index (χ2n) is 7.70. The van der Waals surface area contributed by atoms with Crippen LogP contribution < -0.4 is 16.0 Å². The van der Waals surface area contributed by atoms with Crippen LogP contribution in [0.15, 0.2) is 35.4 Å². The number of pyridine rings is 1. The Morgan fingerprint density at radius 2 is 2.03 bits per heavy atom. The van der Waals surface area contributed by atoms with Crippen molar-refractivity contribution in [3.8, 4) is 6.07 Å². The van der Waals surface area contributed by atoms with Crippen molar-refractivity contribution in [3.05, 3.63) is 58.4 Å². The van der Waals surface area contributed by atoms with Crippen LogP contribution in [0.1, 0.15) is 42.7 Å². The van der Waals surface area contributed by atoms with Crippen molar-refractivity contribution in [2.24, 2.45) is 5.73 Å². The summed E-state index contributed by atoms with van der Waals surface area (Å²) in [5.41, 5.74) is 7.90. The molecule has 1 aromatic heterocycles. The summed E-state index contributed by atoms with van der Waals surface area (Å²) in [5.74, 6) is 0.0741. The Morgan fingerprint density at radius 1 is 1.39 bits per heavy atom. The van der Waals surface area contributed by atoms with Crippen molar-refractivity contribution in [3.63, 3.8) is 0 Å². The highest BCUT2D eigenvalue weighted by Crippen LogP contribution is 2.42. The summed E-state index contributed by atoms with van der Waals surface area (Å²) >= 11 is 1.18. The predicted octanol–water partition coefficient (Wildman–Crippen LogP) is 3.57. The van der Waals surface area contributed by atoms with Crippen LogP contribution in [-0.4, -0.2) is 36.1 Å². The van der Waals surface area contributed by atoms with Crippen LogP contribution >= 0.6 is 11.8 Å². The number of primary amides is 1. The lowest BCUT2D eigenvalue weighted by atomic mass is 10.0. The minimum Gasteiger partial charge on any atom is -0.368 e. The zero-order valence-electron chi connectivity index (χ0n) is 17.9. The predicted molar refractivity (Wildman–Crippen MR) is 123 cm³/mol. The highest BCUT2D eigenvalue weighted by molar-refractivity contribution is 8.00. The third-order valence-corrected chi connectivity index (χ3v) is 6.50. The maximum Gasteiger partial charge on any atom is 0.235 e. The molecule has 1 aliphatic heterocycles. The molecule has 1 aromatic carbocycles. The molecule has 3 N–H and O–H groups in total. The fourth-order valence-corrected chi connectivity index (χ4v) is 5.06. The van der Waals surface area contributed by atoms with Crippen molar-refractivity contribution in [1.29, 1.82) is 5.26 Å². The van der Waals surface area contributed by atoms with E-state index in [-0.39, 0.29) is 12.1 Å². The monoisotopic (exact) mass is 434 g/mol. The van der Waals surface area contributed by atoms with E-state index >= 15 is 0 Å². The van der Waals surface area contributed by atoms with E-state index in [4.69, 9.17) is 17.3 Å². The van der Waals surface area contributed by atoms with Gasteiger partial charge in [0, 0.05) is 25.2 Å². The minimum atomic E-state index is -0.682. The number of nitriles is 1. The van der Waals surface area contributed by atoms with Crippen LogP contribution in [0, 0.1) is 17.9 Å². The van der Waals surface area contributed by atoms with E-state index in [2.05, 4.69) is 35.0 Å². The van der Waals surface area contributed by atoms with Crippen LogP contribution in [-0.2, 0) is 11.2 Å². The molecular formula is C23H26N6OS. The van der Waals surface area contributed by atoms with Gasteiger partial charge in [0.15, 0.2) is 0 Å². The number of thioether (sulfide) groups is 1. The first-order valence-electron chi connectivity index (χ1n) is 10.3. The Kier molecular flexibility index (Phi) is 7.17. The van der Waals surface area contributed by atoms with Gasteiger partial charge in [0.05, 0.1) is 12.1 Å². The standard InChI is InChI=1S/C23H26N6OS/c1-5-17-18(11-24)23(31-20(21(25)30)16-9-7-6-8-10-16)28-22(19(17)26-4)29-12-14(2)27-15(3)13-29/h6-10,14-15,20,27H,5,12-13H2,1-3H3,(H2,25,30)/t14-,15+,20?. The second kappa shape index (κ2) is 9.82. The number of nitrogens with one attached hydrogen (secondary N) is 1. The fourth-order valence-electron chi connectivity index (χ4n) is 4.00. The smallest absolute Gasteiger partial charge is 0.235 e. The summed E-state index contributed by atoms with van der Waals surface area (Å²) in [4.78, 5) is 22.9. The third-order valence-electron chi connectivity index (χ3n) is 5.25. The van der Waals surface area contributed by atoms with Gasteiger partial charge in [-0.05, 0) is 31.4 Å². The number of carbonyl (C=O) groups is 1. The molecule has 1 amide bonds. The van der Waals surface area contributed by atoms with Crippen molar-refractivity contribution < 1.29 is 4.79 Å². The number of rotatable bonds is 6. The molecule has 2 aromatic rings. The van der Waals surface area contributed by atoms with E-state index in [1.165, 1.54) is 11.8 Å². The van der Waals surface area contributed by atoms with E-state index in [1.807, 2.05) is 37.3 Å². The van der Waals surface area contributed by atoms with E-state index < -0.39 is 11.2 Å². The maximum absolute atomic E-state index is 12.3. The maximum atomic E-state index is 12.3. The quantitative estimate of drug-likeness (QED) is 0.533. The van der Waals surface area contributed by atoms with Crippen LogP contribution in [0.4, 0.5) is 11.5 Å². The number of amides is 1. The van der Waals surface area contributed by atoms with Gasteiger partial charge in [0.2, 0.25) is 11.6 Å². The molecule has 1 unspecified atom stereocenters. The Labute approximate surface area is 187 Å². The van der Waals surface area contributed by atoms with E-state index in [0.29, 0.717) is 47.2 Å². The first-order valence-corrected chi connectivity index (χ1v) is 11.1. The first-order chi connectivity index (χ1) is 14.9. The molecule has 0 spiro atoms. The molecule has 160 valence electrons. The van der Waals surface area contributed by atoms with Crippen LogP contribution in [0.5, 0.6) is 0 Å². The van der Waals surface area contributed by atoms with Crippen LogP contribution in [0.2, 0.25) is 0 Å². The number of benzene rings is 1. The lowest BCUT2D eigenvalue weighted by Crippen LogP contribution is -2.54. The van der Waals surface area contributed by atoms with Crippen molar-refractivity contribution in [2.45, 2.75) is 49.6 Å². The average molecular weight is 435 g/mol. The summed E-state index contributed by atoms with van der Waals surface area (Å²) in [6.45, 7) is 15.3. The first kappa shape index (κ1) is 22.6. The fraction of sp³-hybridized carbons (Fsp3) is 0.391. The summed E-state index contributed by atoms with van der Waals surface area (Å²) in [6, 6.07) is 11.9. The molecule has 1 saturated heterocycles. The lowest BCUT2D eigenvalue weighted by Gasteiger charge is -2.38. The van der Waals surface area contributed by atoms with Crippen molar-refractivity contribution >= 4 is 29.2 Å². The van der Waals surface area contributed by atoms with Gasteiger partial charge < -0.3 is 16.0 Å². The molecular weight excluding hydrogens is 408 g/mol. The molecule has 1 fully saturated rings. The third kappa shape index (κ3) is 4.82. The van der Waals surface area contributed by atoms with Gasteiger partial charge in [-0.15, -0.1) is 0 Å². The molecule has 7 nitrogen and oxygen atoms in total. The highest BCUT2D eigenvalue weighted by Gasteiger charge is 2.29. The second-order valence-corrected chi connectivity index (χ2v) is 8.80. The van der Waals surface area contributed by atoms with Gasteiger partial charge in [-0.1, -0.05) is 49.0 Å². The molecule has 0 aliphatic carbocycles. The Balaban J connectivity index is 2.14. The summed E-state index contributed by atoms with van der Waals surface area (Å²) in [7, 11) is 0. The van der Waals surface area contributed by atoms with Gasteiger partial charge in [0.1, 0.15) is 22.2 Å². The Morgan fingerprint density at radius 3 is 2.55 bits per heavy atom. The number of nitrogens with two attached hydrogens (primary N) is 1. The van der Waals surface area contributed by atoms with Gasteiger partial charge in [-0.25, -0.2) is 9.83 Å². The average Bonchev–Trinajstić information content (AvgIpc) is 2.75. The number of aromatic nitrogens is 1. The molecule has 0 saturated carbocycles. The SMILES string of the molecule is [C-]#[N+]c1c(N2C[C@@H](C)N[C@@H](C)C2)nc(SC(C(N)=O)c2ccccc2)c(C#N)c1CC. The van der Waals surface area contributed by atoms with Crippen LogP contribution in [0.25, 0.3) is 4.85 Å². The minimum absolute atomic E-state index is 0.239. The van der Waals surface area contributed by atoms with Crippen molar-refractivity contribution in [1.82, 2.24) is 10.3 Å². The largest absolute Gasteiger partial charge is 0.368 e. The van der Waals surface area contributed by atoms with Gasteiger partial charge in [-0.2, -0.15) is 5.26 Å². The number of piperazine rings is 1. The van der Waals surface area contributed by atoms with Crippen molar-refractivity contribution in [2.75, 3.05) is 18.0 Å². The van der Waals surface area contributed by atoms with E-state index in [0.717, 1.165) is 5.56 Å². The zero-order chi connectivity index (χ0) is 22.5. The summed E-state index contributed by atoms with van der Waals surface area (Å²) in [6.07, 6.45) is 0.521. The summed E-state index contributed by atoms with van der Waals surface area (Å²) in [5, 5.41) is 13.2. The number of carbonyl (C=O) groups excluding carboxylic acids is 1. The molecule has 1 aliphatic rings. The van der Waals surface area contributed by atoms with Gasteiger partial charge in [-0.3, -0.25) is 4.79 Å².